The van der Waals surface area contributed by atoms with Gasteiger partial charge in [-0.2, -0.15) is 4.31 Å². The Bertz CT molecular complexity index is 876. The Kier molecular flexibility index (Phi) is 6.31. The Hall–Kier alpha value is -1.45. The van der Waals surface area contributed by atoms with E-state index >= 15 is 0 Å². The zero-order valence-corrected chi connectivity index (χ0v) is 17.3. The quantitative estimate of drug-likeness (QED) is 0.660. The lowest BCUT2D eigenvalue weighted by molar-refractivity contribution is -0.115. The van der Waals surface area contributed by atoms with Crippen LogP contribution < -0.4 is 5.32 Å². The highest BCUT2D eigenvalue weighted by molar-refractivity contribution is 14.1. The smallest absolute Gasteiger partial charge is 0.243 e. The number of hydrogen-bond donors (Lipinski definition) is 1. The molecule has 0 unspecified atom stereocenters. The summed E-state index contributed by atoms with van der Waals surface area (Å²) in [6.07, 6.45) is 3.11. The second kappa shape index (κ2) is 8.49. The van der Waals surface area contributed by atoms with E-state index in [4.69, 9.17) is 0 Å². The molecule has 1 fully saturated rings. The van der Waals surface area contributed by atoms with Gasteiger partial charge in [-0.15, -0.1) is 0 Å². The van der Waals surface area contributed by atoms with E-state index in [1.165, 1.54) is 0 Å². The molecule has 2 aromatic rings. The van der Waals surface area contributed by atoms with Gasteiger partial charge >= 0.3 is 0 Å². The van der Waals surface area contributed by atoms with Gasteiger partial charge in [-0.05, 0) is 65.3 Å². The molecule has 0 radical (unpaired) electrons. The molecule has 1 aliphatic heterocycles. The van der Waals surface area contributed by atoms with Gasteiger partial charge in [0.1, 0.15) is 0 Å². The van der Waals surface area contributed by atoms with Crippen molar-refractivity contribution in [2.75, 3.05) is 18.4 Å². The fraction of sp³-hybridized carbons (Fsp3) is 0.316. The van der Waals surface area contributed by atoms with Gasteiger partial charge in [-0.1, -0.05) is 30.7 Å². The van der Waals surface area contributed by atoms with Crippen molar-refractivity contribution < 1.29 is 13.2 Å². The molecule has 0 aromatic heterocycles. The van der Waals surface area contributed by atoms with Crippen LogP contribution >= 0.6 is 22.6 Å². The predicted octanol–water partition coefficient (Wildman–Crippen LogP) is 3.65. The zero-order chi connectivity index (χ0) is 18.6. The Labute approximate surface area is 168 Å². The number of carbonyl (C=O) groups is 1. The molecule has 26 heavy (non-hydrogen) atoms. The van der Waals surface area contributed by atoms with Crippen LogP contribution in [0.4, 0.5) is 5.69 Å². The first-order valence-corrected chi connectivity index (χ1v) is 11.1. The van der Waals surface area contributed by atoms with Gasteiger partial charge in [-0.3, -0.25) is 4.79 Å². The molecule has 5 nitrogen and oxygen atoms in total. The topological polar surface area (TPSA) is 66.5 Å². The van der Waals surface area contributed by atoms with Gasteiger partial charge < -0.3 is 5.32 Å². The van der Waals surface area contributed by atoms with Crippen molar-refractivity contribution in [3.8, 4) is 0 Å². The minimum absolute atomic E-state index is 0.124. The normalized spacial score (nSPS) is 15.6. The van der Waals surface area contributed by atoms with E-state index in [0.717, 1.165) is 34.1 Å². The van der Waals surface area contributed by atoms with Crippen LogP contribution in [0.1, 0.15) is 24.8 Å². The average Bonchev–Trinajstić information content (AvgIpc) is 2.65. The lowest BCUT2D eigenvalue weighted by atomic mass is 10.1. The predicted molar refractivity (Wildman–Crippen MR) is 111 cm³/mol. The minimum Gasteiger partial charge on any atom is -0.325 e. The van der Waals surface area contributed by atoms with Crippen molar-refractivity contribution in [1.29, 1.82) is 0 Å². The maximum absolute atomic E-state index is 12.6. The third-order valence-corrected chi connectivity index (χ3v) is 7.24. The van der Waals surface area contributed by atoms with Crippen molar-refractivity contribution in [2.45, 2.75) is 30.6 Å². The summed E-state index contributed by atoms with van der Waals surface area (Å²) >= 11 is 2.17. The summed E-state index contributed by atoms with van der Waals surface area (Å²) in [5, 5.41) is 2.88. The van der Waals surface area contributed by atoms with Crippen LogP contribution in [-0.2, 0) is 21.2 Å². The molecule has 1 N–H and O–H groups in total. The van der Waals surface area contributed by atoms with Gasteiger partial charge in [0.2, 0.25) is 15.9 Å². The van der Waals surface area contributed by atoms with E-state index in [1.54, 1.807) is 28.6 Å². The van der Waals surface area contributed by atoms with E-state index in [0.29, 0.717) is 18.0 Å². The fourth-order valence-electron chi connectivity index (χ4n) is 2.98. The van der Waals surface area contributed by atoms with Crippen molar-refractivity contribution in [3.63, 3.8) is 0 Å². The highest BCUT2D eigenvalue weighted by Gasteiger charge is 2.25. The monoisotopic (exact) mass is 484 g/mol. The lowest BCUT2D eigenvalue weighted by Gasteiger charge is -2.25. The highest BCUT2D eigenvalue weighted by Crippen LogP contribution is 2.21. The molecule has 1 aliphatic rings. The van der Waals surface area contributed by atoms with Crippen LogP contribution in [0.2, 0.25) is 0 Å². The van der Waals surface area contributed by atoms with E-state index in [1.807, 2.05) is 24.3 Å². The number of benzene rings is 2. The molecular weight excluding hydrogens is 463 g/mol. The molecule has 0 atom stereocenters. The van der Waals surface area contributed by atoms with Crippen molar-refractivity contribution >= 4 is 44.2 Å². The summed E-state index contributed by atoms with van der Waals surface area (Å²) in [4.78, 5) is 12.5. The van der Waals surface area contributed by atoms with Crippen molar-refractivity contribution in [3.05, 3.63) is 57.7 Å². The van der Waals surface area contributed by atoms with Crippen LogP contribution in [-0.4, -0.2) is 31.7 Å². The van der Waals surface area contributed by atoms with E-state index in [2.05, 4.69) is 27.9 Å². The summed E-state index contributed by atoms with van der Waals surface area (Å²) in [6, 6.07) is 14.2. The van der Waals surface area contributed by atoms with Gasteiger partial charge in [0, 0.05) is 16.7 Å². The molecule has 3 rings (SSSR count). The molecule has 0 spiro atoms. The number of amides is 1. The molecular formula is C19H21IN2O3S. The first-order chi connectivity index (χ1) is 12.5. The Morgan fingerprint density at radius 3 is 2.31 bits per heavy atom. The molecule has 1 amide bonds. The number of halogens is 1. The second-order valence-corrected chi connectivity index (χ2v) is 9.41. The molecule has 0 bridgehead atoms. The van der Waals surface area contributed by atoms with Gasteiger partial charge in [0.15, 0.2) is 0 Å². The van der Waals surface area contributed by atoms with E-state index < -0.39 is 10.0 Å². The molecule has 0 aliphatic carbocycles. The molecule has 1 heterocycles. The first kappa shape index (κ1) is 19.3. The third-order valence-electron chi connectivity index (χ3n) is 4.39. The Balaban J connectivity index is 1.66. The van der Waals surface area contributed by atoms with Crippen LogP contribution in [0, 0.1) is 3.57 Å². The molecule has 7 heteroatoms. The Morgan fingerprint density at radius 1 is 1.00 bits per heavy atom. The molecule has 138 valence electrons. The Morgan fingerprint density at radius 2 is 1.65 bits per heavy atom. The van der Waals surface area contributed by atoms with Gasteiger partial charge in [0.25, 0.3) is 0 Å². The highest BCUT2D eigenvalue weighted by atomic mass is 127. The van der Waals surface area contributed by atoms with Crippen molar-refractivity contribution in [2.24, 2.45) is 0 Å². The standard InChI is InChI=1S/C19H21IN2O3S/c20-17-6-2-3-7-18(17)21-19(23)14-15-8-10-16(11-9-15)26(24,25)22-12-4-1-5-13-22/h2-3,6-11H,1,4-5,12-14H2,(H,21,23). The second-order valence-electron chi connectivity index (χ2n) is 6.31. The van der Waals surface area contributed by atoms with E-state index in [-0.39, 0.29) is 12.3 Å². The number of nitrogens with one attached hydrogen (secondary N) is 1. The van der Waals surface area contributed by atoms with Gasteiger partial charge in [0.05, 0.1) is 17.0 Å². The van der Waals surface area contributed by atoms with Gasteiger partial charge in [-0.25, -0.2) is 8.42 Å². The minimum atomic E-state index is -3.43. The number of nitrogens with zero attached hydrogens (tertiary/aromatic N) is 1. The largest absolute Gasteiger partial charge is 0.325 e. The van der Waals surface area contributed by atoms with Crippen molar-refractivity contribution in [1.82, 2.24) is 4.31 Å². The zero-order valence-electron chi connectivity index (χ0n) is 14.3. The number of rotatable bonds is 5. The SMILES string of the molecule is O=C(Cc1ccc(S(=O)(=O)N2CCCCC2)cc1)Nc1ccccc1I. The summed E-state index contributed by atoms with van der Waals surface area (Å²) in [5.41, 5.74) is 1.56. The summed E-state index contributed by atoms with van der Waals surface area (Å²) < 4.78 is 27.8. The van der Waals surface area contributed by atoms with Crippen LogP contribution in [0.3, 0.4) is 0 Å². The number of para-hydroxylation sites is 1. The first-order valence-electron chi connectivity index (χ1n) is 8.60. The molecule has 0 saturated carbocycles. The summed E-state index contributed by atoms with van der Waals surface area (Å²) in [6.45, 7) is 1.17. The summed E-state index contributed by atoms with van der Waals surface area (Å²) in [7, 11) is -3.43. The van der Waals surface area contributed by atoms with E-state index in [9.17, 15) is 13.2 Å². The molecule has 2 aromatic carbocycles. The number of piperidine rings is 1. The third kappa shape index (κ3) is 4.63. The lowest BCUT2D eigenvalue weighted by Crippen LogP contribution is -2.35. The number of anilines is 1. The van der Waals surface area contributed by atoms with Crippen LogP contribution in [0.25, 0.3) is 0 Å². The van der Waals surface area contributed by atoms with Crippen LogP contribution in [0.15, 0.2) is 53.4 Å². The number of hydrogen-bond acceptors (Lipinski definition) is 3. The van der Waals surface area contributed by atoms with Crippen LogP contribution in [0.5, 0.6) is 0 Å². The number of sulfonamides is 1. The summed E-state index contributed by atoms with van der Waals surface area (Å²) in [5.74, 6) is -0.124. The molecule has 1 saturated heterocycles. The number of carbonyl (C=O) groups excluding carboxylic acids is 1. The maximum atomic E-state index is 12.6. The maximum Gasteiger partial charge on any atom is 0.243 e. The average molecular weight is 484 g/mol. The fourth-order valence-corrected chi connectivity index (χ4v) is 5.02.